The number of nitrogens with zero attached hydrogens (tertiary/aromatic N) is 1. The number of aromatic hydroxyl groups is 1. The number of ether oxygens (including phenoxy) is 2. The maximum Gasteiger partial charge on any atom is 0.231 e. The fourth-order valence-electron chi connectivity index (χ4n) is 2.92. The predicted molar refractivity (Wildman–Crippen MR) is 73.2 cm³/mol. The molecule has 2 aliphatic heterocycles. The topological polar surface area (TPSA) is 65.0 Å². The molecular weight excluding hydrogens is 277 g/mol. The molecule has 0 radical (unpaired) electrons. The van der Waals surface area contributed by atoms with Crippen molar-refractivity contribution in [1.29, 1.82) is 0 Å². The Hall–Kier alpha value is -2.47. The molecule has 0 saturated carbocycles. The van der Waals surface area contributed by atoms with Gasteiger partial charge in [0.15, 0.2) is 11.5 Å². The van der Waals surface area contributed by atoms with Gasteiger partial charge in [0, 0.05) is 24.1 Å². The molecule has 1 unspecified atom stereocenters. The number of hydroxylamine groups is 1. The predicted octanol–water partition coefficient (Wildman–Crippen LogP) is 2.71. The van der Waals surface area contributed by atoms with Gasteiger partial charge >= 0.3 is 0 Å². The average Bonchev–Trinajstić information content (AvgIpc) is 3.03. The van der Waals surface area contributed by atoms with Gasteiger partial charge in [-0.15, -0.1) is 0 Å². The van der Waals surface area contributed by atoms with E-state index in [4.69, 9.17) is 9.47 Å². The van der Waals surface area contributed by atoms with Crippen LogP contribution < -0.4 is 14.5 Å². The molecule has 0 saturated heterocycles. The zero-order valence-corrected chi connectivity index (χ0v) is 10.9. The van der Waals surface area contributed by atoms with Crippen molar-refractivity contribution in [1.82, 2.24) is 0 Å². The fraction of sp³-hybridized carbons (Fsp3) is 0.200. The number of hydrogen-bond acceptors (Lipinski definition) is 5. The fourth-order valence-corrected chi connectivity index (χ4v) is 2.92. The van der Waals surface area contributed by atoms with Crippen LogP contribution in [0.3, 0.4) is 0 Å². The van der Waals surface area contributed by atoms with E-state index >= 15 is 0 Å². The zero-order chi connectivity index (χ0) is 14.6. The lowest BCUT2D eigenvalue weighted by molar-refractivity contribution is 0.174. The average molecular weight is 288 g/mol. The number of para-hydroxylation sites is 1. The van der Waals surface area contributed by atoms with Gasteiger partial charge in [-0.05, 0) is 17.7 Å². The molecule has 0 spiro atoms. The molecule has 108 valence electrons. The minimum atomic E-state index is -0.551. The van der Waals surface area contributed by atoms with Crippen molar-refractivity contribution < 1.29 is 19.0 Å². The van der Waals surface area contributed by atoms with E-state index in [1.807, 2.05) is 0 Å². The summed E-state index contributed by atoms with van der Waals surface area (Å²) in [6, 6.07) is 7.63. The summed E-state index contributed by atoms with van der Waals surface area (Å²) in [4.78, 5) is 0. The maximum atomic E-state index is 13.8. The van der Waals surface area contributed by atoms with Gasteiger partial charge in [0.2, 0.25) is 6.79 Å². The summed E-state index contributed by atoms with van der Waals surface area (Å²) in [5.41, 5.74) is 1.14. The molecule has 2 aromatic rings. The molecule has 4 rings (SSSR count). The van der Waals surface area contributed by atoms with Crippen LogP contribution in [0.1, 0.15) is 17.0 Å². The number of benzene rings is 2. The molecular formula is C15H11FNO4-. The van der Waals surface area contributed by atoms with Crippen LogP contribution in [0.5, 0.6) is 17.2 Å². The van der Waals surface area contributed by atoms with Gasteiger partial charge in [-0.2, -0.15) is 0 Å². The Balaban J connectivity index is 1.85. The van der Waals surface area contributed by atoms with Crippen molar-refractivity contribution in [3.05, 3.63) is 52.5 Å². The lowest BCUT2D eigenvalue weighted by atomic mass is 9.92. The van der Waals surface area contributed by atoms with Crippen LogP contribution >= 0.6 is 0 Å². The molecule has 0 fully saturated rings. The Kier molecular flexibility index (Phi) is 2.49. The summed E-state index contributed by atoms with van der Waals surface area (Å²) in [5, 5.41) is 22.7. The molecule has 21 heavy (non-hydrogen) atoms. The lowest BCUT2D eigenvalue weighted by Crippen LogP contribution is -2.14. The van der Waals surface area contributed by atoms with E-state index in [0.717, 1.165) is 0 Å². The van der Waals surface area contributed by atoms with Crippen LogP contribution in [0, 0.1) is 11.0 Å². The molecule has 2 heterocycles. The monoisotopic (exact) mass is 288 g/mol. The summed E-state index contributed by atoms with van der Waals surface area (Å²) >= 11 is 0. The van der Waals surface area contributed by atoms with Gasteiger partial charge in [0.05, 0.1) is 5.69 Å². The number of hydrogen-bond donors (Lipinski definition) is 1. The first-order valence-corrected chi connectivity index (χ1v) is 6.50. The second kappa shape index (κ2) is 4.26. The minimum Gasteiger partial charge on any atom is -0.758 e. The van der Waals surface area contributed by atoms with E-state index in [9.17, 15) is 14.7 Å². The first kappa shape index (κ1) is 12.3. The van der Waals surface area contributed by atoms with Gasteiger partial charge in [-0.25, -0.2) is 4.39 Å². The Bertz CT molecular complexity index is 734. The van der Waals surface area contributed by atoms with Crippen LogP contribution in [0.4, 0.5) is 10.1 Å². The van der Waals surface area contributed by atoms with E-state index in [-0.39, 0.29) is 24.8 Å². The summed E-state index contributed by atoms with van der Waals surface area (Å²) in [6.45, 7) is 0.158. The van der Waals surface area contributed by atoms with Crippen LogP contribution in [-0.2, 0) is 0 Å². The molecule has 0 aliphatic carbocycles. The molecule has 0 aromatic heterocycles. The van der Waals surface area contributed by atoms with Gasteiger partial charge in [0.1, 0.15) is 11.6 Å². The molecule has 1 N–H and O–H groups in total. The Labute approximate surface area is 119 Å². The van der Waals surface area contributed by atoms with Gasteiger partial charge < -0.3 is 24.9 Å². The number of rotatable bonds is 1. The summed E-state index contributed by atoms with van der Waals surface area (Å²) in [5.74, 6) is 0.0421. The summed E-state index contributed by atoms with van der Waals surface area (Å²) in [7, 11) is 0. The van der Waals surface area contributed by atoms with Crippen LogP contribution in [0.2, 0.25) is 0 Å². The van der Waals surface area contributed by atoms with E-state index in [1.54, 1.807) is 18.2 Å². The molecule has 6 heteroatoms. The summed E-state index contributed by atoms with van der Waals surface area (Å²) < 4.78 is 24.3. The van der Waals surface area contributed by atoms with Gasteiger partial charge in [0.25, 0.3) is 0 Å². The number of fused-ring (bicyclic) bond motifs is 2. The Morgan fingerprint density at radius 1 is 1.19 bits per heavy atom. The standard InChI is InChI=1S/C15H11FNO4/c16-11-3-1-2-8-10(6-17(19)15(8)11)9-4-13-14(5-12(9)18)21-7-20-13/h1-5,10,18H,6-7H2/q-1. The Morgan fingerprint density at radius 2 is 1.95 bits per heavy atom. The highest BCUT2D eigenvalue weighted by Crippen LogP contribution is 2.47. The zero-order valence-electron chi connectivity index (χ0n) is 10.9. The van der Waals surface area contributed by atoms with Gasteiger partial charge in [-0.1, -0.05) is 12.1 Å². The smallest absolute Gasteiger partial charge is 0.231 e. The highest BCUT2D eigenvalue weighted by atomic mass is 19.1. The third kappa shape index (κ3) is 1.72. The number of halogens is 1. The van der Waals surface area contributed by atoms with E-state index < -0.39 is 11.7 Å². The van der Waals surface area contributed by atoms with Crippen molar-refractivity contribution in [2.45, 2.75) is 5.92 Å². The Morgan fingerprint density at radius 3 is 2.76 bits per heavy atom. The number of phenolic OH excluding ortho intramolecular Hbond substituents is 1. The molecule has 0 bridgehead atoms. The second-order valence-electron chi connectivity index (χ2n) is 5.06. The molecule has 1 atom stereocenters. The van der Waals surface area contributed by atoms with Gasteiger partial charge in [-0.3, -0.25) is 0 Å². The number of anilines is 1. The van der Waals surface area contributed by atoms with Crippen molar-refractivity contribution in [2.24, 2.45) is 0 Å². The molecule has 2 aromatic carbocycles. The first-order valence-electron chi connectivity index (χ1n) is 6.50. The largest absolute Gasteiger partial charge is 0.758 e. The first-order chi connectivity index (χ1) is 10.1. The second-order valence-corrected chi connectivity index (χ2v) is 5.06. The third-order valence-corrected chi connectivity index (χ3v) is 3.89. The molecule has 2 aliphatic rings. The summed E-state index contributed by atoms with van der Waals surface area (Å²) in [6.07, 6.45) is 0. The van der Waals surface area contributed by atoms with Crippen LogP contribution in [-0.4, -0.2) is 18.4 Å². The highest BCUT2D eigenvalue weighted by molar-refractivity contribution is 5.66. The quantitative estimate of drug-likeness (QED) is 0.874. The normalized spacial score (nSPS) is 19.0. The van der Waals surface area contributed by atoms with Crippen molar-refractivity contribution in [2.75, 3.05) is 18.4 Å². The van der Waals surface area contributed by atoms with Crippen LogP contribution in [0.25, 0.3) is 0 Å². The van der Waals surface area contributed by atoms with Crippen molar-refractivity contribution >= 4 is 5.69 Å². The molecule has 0 amide bonds. The van der Waals surface area contributed by atoms with E-state index in [0.29, 0.717) is 27.7 Å². The van der Waals surface area contributed by atoms with Crippen molar-refractivity contribution in [3.8, 4) is 17.2 Å². The van der Waals surface area contributed by atoms with Crippen molar-refractivity contribution in [3.63, 3.8) is 0 Å². The lowest BCUT2D eigenvalue weighted by Gasteiger charge is -2.25. The van der Waals surface area contributed by atoms with E-state index in [1.165, 1.54) is 12.1 Å². The third-order valence-electron chi connectivity index (χ3n) is 3.89. The minimum absolute atomic E-state index is 0.00904. The highest BCUT2D eigenvalue weighted by Gasteiger charge is 2.31. The molecule has 5 nitrogen and oxygen atoms in total. The number of phenols is 1. The maximum absolute atomic E-state index is 13.8. The van der Waals surface area contributed by atoms with Crippen LogP contribution in [0.15, 0.2) is 30.3 Å². The van der Waals surface area contributed by atoms with E-state index in [2.05, 4.69) is 0 Å². The SMILES string of the molecule is [O-]N1CC(c2cc3c(cc2O)OCO3)c2cccc(F)c21.